The lowest BCUT2D eigenvalue weighted by molar-refractivity contribution is -0.384. The van der Waals surface area contributed by atoms with Crippen molar-refractivity contribution in [3.8, 4) is 0 Å². The number of thiocarbonyl (C=S) groups is 1. The first-order valence-corrected chi connectivity index (χ1v) is 10.6. The average molecular weight is 443 g/mol. The predicted octanol–water partition coefficient (Wildman–Crippen LogP) is 4.07. The maximum atomic E-state index is 12.6. The lowest BCUT2D eigenvalue weighted by atomic mass is 9.99. The Morgan fingerprint density at radius 3 is 2.52 bits per heavy atom. The quantitative estimate of drug-likeness (QED) is 0.395. The molecule has 2 N–H and O–H groups in total. The summed E-state index contributed by atoms with van der Waals surface area (Å²) in [7, 11) is 0. The Kier molecular flexibility index (Phi) is 7.54. The van der Waals surface area contributed by atoms with Crippen LogP contribution >= 0.6 is 12.2 Å². The Labute approximate surface area is 186 Å². The minimum absolute atomic E-state index is 0.117. The number of hydrogen-bond acceptors (Lipinski definition) is 6. The van der Waals surface area contributed by atoms with Gasteiger partial charge in [-0.25, -0.2) is 0 Å². The van der Waals surface area contributed by atoms with Gasteiger partial charge in [-0.1, -0.05) is 26.0 Å². The van der Waals surface area contributed by atoms with Crippen LogP contribution in [0.2, 0.25) is 0 Å². The molecule has 0 saturated carbocycles. The fourth-order valence-electron chi connectivity index (χ4n) is 3.35. The number of nitro benzene ring substituents is 1. The number of morpholine rings is 1. The van der Waals surface area contributed by atoms with Crippen molar-refractivity contribution in [2.75, 3.05) is 36.5 Å². The fraction of sp³-hybridized carbons (Fsp3) is 0.364. The van der Waals surface area contributed by atoms with Gasteiger partial charge in [0.1, 0.15) is 5.69 Å². The van der Waals surface area contributed by atoms with Crippen molar-refractivity contribution in [2.45, 2.75) is 26.2 Å². The first-order chi connectivity index (χ1) is 14.9. The molecule has 8 nitrogen and oxygen atoms in total. The van der Waals surface area contributed by atoms with E-state index in [1.807, 2.05) is 29.2 Å². The summed E-state index contributed by atoms with van der Waals surface area (Å²) in [5.41, 5.74) is 2.52. The molecule has 0 radical (unpaired) electrons. The van der Waals surface area contributed by atoms with Crippen LogP contribution in [0, 0.1) is 10.1 Å². The van der Waals surface area contributed by atoms with Crippen LogP contribution in [0.4, 0.5) is 17.1 Å². The van der Waals surface area contributed by atoms with Crippen LogP contribution in [0.3, 0.4) is 0 Å². The lowest BCUT2D eigenvalue weighted by Gasteiger charge is -2.28. The SMILES string of the molecule is CCC(C)c1ccc(NC(=S)NC(=O)c2ccc(N3CCOCC3)c([N+](=O)[O-])c2)cc1. The second-order valence-electron chi connectivity index (χ2n) is 7.40. The Morgan fingerprint density at radius 2 is 1.90 bits per heavy atom. The number of ether oxygens (including phenoxy) is 1. The number of nitro groups is 1. The molecule has 9 heteroatoms. The van der Waals surface area contributed by atoms with E-state index in [0.717, 1.165) is 12.1 Å². The molecule has 164 valence electrons. The van der Waals surface area contributed by atoms with Gasteiger partial charge in [-0.15, -0.1) is 0 Å². The summed E-state index contributed by atoms with van der Waals surface area (Å²) in [5, 5.41) is 17.3. The van der Waals surface area contributed by atoms with E-state index in [-0.39, 0.29) is 16.4 Å². The van der Waals surface area contributed by atoms with Gasteiger partial charge in [0.25, 0.3) is 11.6 Å². The fourth-order valence-corrected chi connectivity index (χ4v) is 3.56. The molecule has 1 atom stereocenters. The summed E-state index contributed by atoms with van der Waals surface area (Å²) in [6, 6.07) is 12.3. The van der Waals surface area contributed by atoms with Gasteiger partial charge in [0.05, 0.1) is 18.1 Å². The molecule has 2 aromatic rings. The van der Waals surface area contributed by atoms with E-state index < -0.39 is 10.8 Å². The zero-order chi connectivity index (χ0) is 22.4. The third-order valence-electron chi connectivity index (χ3n) is 5.36. The number of benzene rings is 2. The standard InChI is InChI=1S/C22H26N4O4S/c1-3-15(2)16-4-7-18(8-5-16)23-22(31)24-21(27)17-6-9-19(20(14-17)26(28)29)25-10-12-30-13-11-25/h4-9,14-15H,3,10-13H2,1-2H3,(H2,23,24,27,31). The summed E-state index contributed by atoms with van der Waals surface area (Å²) in [5.74, 6) is -0.0396. The average Bonchev–Trinajstić information content (AvgIpc) is 2.79. The second kappa shape index (κ2) is 10.3. The monoisotopic (exact) mass is 442 g/mol. The van der Waals surface area contributed by atoms with Crippen molar-refractivity contribution in [3.05, 3.63) is 63.7 Å². The van der Waals surface area contributed by atoms with Crippen LogP contribution < -0.4 is 15.5 Å². The molecule has 1 amide bonds. The van der Waals surface area contributed by atoms with Crippen LogP contribution in [0.5, 0.6) is 0 Å². The summed E-state index contributed by atoms with van der Waals surface area (Å²) < 4.78 is 5.30. The largest absolute Gasteiger partial charge is 0.378 e. The minimum Gasteiger partial charge on any atom is -0.378 e. The van der Waals surface area contributed by atoms with Gasteiger partial charge in [-0.2, -0.15) is 0 Å². The molecule has 31 heavy (non-hydrogen) atoms. The zero-order valence-electron chi connectivity index (χ0n) is 17.6. The van der Waals surface area contributed by atoms with Gasteiger partial charge in [-0.05, 0) is 54.4 Å². The number of anilines is 2. The number of nitrogens with zero attached hydrogens (tertiary/aromatic N) is 2. The molecule has 0 aliphatic carbocycles. The van der Waals surface area contributed by atoms with Crippen molar-refractivity contribution in [3.63, 3.8) is 0 Å². The molecule has 3 rings (SSSR count). The summed E-state index contributed by atoms with van der Waals surface area (Å²) in [6.07, 6.45) is 1.05. The molecule has 1 aliphatic rings. The molecule has 0 spiro atoms. The summed E-state index contributed by atoms with van der Waals surface area (Å²) in [6.45, 7) is 6.46. The van der Waals surface area contributed by atoms with Crippen molar-refractivity contribution < 1.29 is 14.5 Å². The highest BCUT2D eigenvalue weighted by molar-refractivity contribution is 7.80. The maximum Gasteiger partial charge on any atom is 0.293 e. The van der Waals surface area contributed by atoms with E-state index in [9.17, 15) is 14.9 Å². The third kappa shape index (κ3) is 5.77. The molecular formula is C22H26N4O4S. The first kappa shape index (κ1) is 22.6. The highest BCUT2D eigenvalue weighted by Crippen LogP contribution is 2.30. The lowest BCUT2D eigenvalue weighted by Crippen LogP contribution is -2.37. The smallest absolute Gasteiger partial charge is 0.293 e. The van der Waals surface area contributed by atoms with Gasteiger partial charge >= 0.3 is 0 Å². The summed E-state index contributed by atoms with van der Waals surface area (Å²) in [4.78, 5) is 25.6. The maximum absolute atomic E-state index is 12.6. The zero-order valence-corrected chi connectivity index (χ0v) is 18.4. The Hall–Kier alpha value is -3.04. The van der Waals surface area contributed by atoms with Crippen LogP contribution in [0.25, 0.3) is 0 Å². The van der Waals surface area contributed by atoms with Crippen LogP contribution in [-0.2, 0) is 4.74 Å². The Bertz CT molecular complexity index is 958. The number of carbonyl (C=O) groups is 1. The van der Waals surface area contributed by atoms with Gasteiger partial charge in [-0.3, -0.25) is 20.2 Å². The van der Waals surface area contributed by atoms with E-state index >= 15 is 0 Å². The molecule has 1 aliphatic heterocycles. The molecule has 1 fully saturated rings. The topological polar surface area (TPSA) is 96.7 Å². The van der Waals surface area contributed by atoms with E-state index in [2.05, 4.69) is 24.5 Å². The highest BCUT2D eigenvalue weighted by Gasteiger charge is 2.23. The Balaban J connectivity index is 1.67. The van der Waals surface area contributed by atoms with Crippen LogP contribution in [0.15, 0.2) is 42.5 Å². The third-order valence-corrected chi connectivity index (χ3v) is 5.57. The second-order valence-corrected chi connectivity index (χ2v) is 7.81. The van der Waals surface area contributed by atoms with Crippen molar-refractivity contribution in [1.29, 1.82) is 0 Å². The van der Waals surface area contributed by atoms with Gasteiger partial charge in [0.15, 0.2) is 5.11 Å². The van der Waals surface area contributed by atoms with Crippen molar-refractivity contribution >= 4 is 40.3 Å². The number of hydrogen-bond donors (Lipinski definition) is 2. The molecule has 0 aromatic heterocycles. The van der Waals surface area contributed by atoms with Crippen LogP contribution in [-0.4, -0.2) is 42.2 Å². The highest BCUT2D eigenvalue weighted by atomic mass is 32.1. The summed E-state index contributed by atoms with van der Waals surface area (Å²) >= 11 is 5.23. The predicted molar refractivity (Wildman–Crippen MR) is 125 cm³/mol. The van der Waals surface area contributed by atoms with E-state index in [4.69, 9.17) is 17.0 Å². The normalized spacial score (nSPS) is 14.6. The van der Waals surface area contributed by atoms with E-state index in [1.165, 1.54) is 11.6 Å². The molecule has 1 unspecified atom stereocenters. The number of nitrogens with one attached hydrogen (secondary N) is 2. The molecule has 0 bridgehead atoms. The van der Waals surface area contributed by atoms with Gasteiger partial charge < -0.3 is 15.0 Å². The number of rotatable bonds is 6. The Morgan fingerprint density at radius 1 is 1.23 bits per heavy atom. The van der Waals surface area contributed by atoms with Crippen molar-refractivity contribution in [2.24, 2.45) is 0 Å². The van der Waals surface area contributed by atoms with Crippen LogP contribution in [0.1, 0.15) is 42.1 Å². The first-order valence-electron chi connectivity index (χ1n) is 10.2. The minimum atomic E-state index is -0.509. The molecule has 1 saturated heterocycles. The van der Waals surface area contributed by atoms with Gasteiger partial charge in [0, 0.05) is 30.4 Å². The number of carbonyl (C=O) groups excluding carboxylic acids is 1. The molecular weight excluding hydrogens is 416 g/mol. The number of amides is 1. The van der Waals surface area contributed by atoms with E-state index in [0.29, 0.717) is 37.9 Å². The molecule has 1 heterocycles. The molecule has 2 aromatic carbocycles. The van der Waals surface area contributed by atoms with Crippen molar-refractivity contribution in [1.82, 2.24) is 5.32 Å². The van der Waals surface area contributed by atoms with E-state index in [1.54, 1.807) is 12.1 Å². The van der Waals surface area contributed by atoms with Gasteiger partial charge in [0.2, 0.25) is 0 Å².